The lowest BCUT2D eigenvalue weighted by Crippen LogP contribution is -2.16. The van der Waals surface area contributed by atoms with Gasteiger partial charge in [0.1, 0.15) is 4.49 Å². The molecular formula is C5H4Cl4O2. The first kappa shape index (κ1) is 11.4. The van der Waals surface area contributed by atoms with E-state index in [-0.39, 0.29) is 9.52 Å². The van der Waals surface area contributed by atoms with Gasteiger partial charge in [-0.2, -0.15) is 0 Å². The average Bonchev–Trinajstić information content (AvgIpc) is 2.00. The Balaban J connectivity index is 4.37. The zero-order valence-electron chi connectivity index (χ0n) is 5.41. The van der Waals surface area contributed by atoms with Crippen molar-refractivity contribution in [3.8, 4) is 0 Å². The van der Waals surface area contributed by atoms with Gasteiger partial charge in [0.05, 0.1) is 12.1 Å². The molecule has 0 spiro atoms. The van der Waals surface area contributed by atoms with Crippen LogP contribution in [0.5, 0.6) is 0 Å². The van der Waals surface area contributed by atoms with Crippen molar-refractivity contribution >= 4 is 52.4 Å². The van der Waals surface area contributed by atoms with Gasteiger partial charge in [0.2, 0.25) is 0 Å². The van der Waals surface area contributed by atoms with E-state index >= 15 is 0 Å². The normalized spacial score (nSPS) is 12.1. The summed E-state index contributed by atoms with van der Waals surface area (Å²) in [6.07, 6.45) is 0. The van der Waals surface area contributed by atoms with Crippen LogP contribution in [0, 0.1) is 0 Å². The Kier molecular flexibility index (Phi) is 5.26. The Morgan fingerprint density at radius 1 is 1.36 bits per heavy atom. The van der Waals surface area contributed by atoms with Crippen LogP contribution in [-0.2, 0) is 9.53 Å². The van der Waals surface area contributed by atoms with E-state index in [0.29, 0.717) is 0 Å². The Bertz CT molecular complexity index is 185. The molecule has 6 heteroatoms. The van der Waals surface area contributed by atoms with Crippen molar-refractivity contribution in [1.82, 2.24) is 0 Å². The minimum absolute atomic E-state index is 0.137. The minimum Gasteiger partial charge on any atom is -0.468 e. The fourth-order valence-electron chi connectivity index (χ4n) is 0.303. The Labute approximate surface area is 84.0 Å². The van der Waals surface area contributed by atoms with Gasteiger partial charge in [-0.15, -0.1) is 11.6 Å². The fourth-order valence-corrected chi connectivity index (χ4v) is 0.920. The molecule has 0 N–H and O–H groups in total. The molecule has 0 fully saturated rings. The maximum Gasteiger partial charge on any atom is 0.329 e. The van der Waals surface area contributed by atoms with Crippen LogP contribution in [0.2, 0.25) is 0 Å². The molecule has 0 aromatic rings. The number of carbonyl (C=O) groups excluding carboxylic acids is 1. The van der Waals surface area contributed by atoms with E-state index in [1.165, 1.54) is 7.11 Å². The van der Waals surface area contributed by atoms with Crippen molar-refractivity contribution in [2.45, 2.75) is 5.38 Å². The lowest BCUT2D eigenvalue weighted by atomic mass is 10.4. The van der Waals surface area contributed by atoms with Crippen LogP contribution >= 0.6 is 46.4 Å². The van der Waals surface area contributed by atoms with E-state index < -0.39 is 11.3 Å². The van der Waals surface area contributed by atoms with E-state index in [2.05, 4.69) is 4.74 Å². The topological polar surface area (TPSA) is 26.3 Å². The zero-order chi connectivity index (χ0) is 9.02. The summed E-state index contributed by atoms with van der Waals surface area (Å²) < 4.78 is 4.04. The summed E-state index contributed by atoms with van der Waals surface area (Å²) >= 11 is 21.4. The number of rotatable bonds is 2. The van der Waals surface area contributed by atoms with E-state index in [0.717, 1.165) is 0 Å². The minimum atomic E-state index is -1.13. The molecule has 1 atom stereocenters. The van der Waals surface area contributed by atoms with Crippen LogP contribution in [0.4, 0.5) is 0 Å². The molecule has 0 bridgehead atoms. The molecule has 0 saturated heterocycles. The number of ether oxygens (including phenoxy) is 1. The van der Waals surface area contributed by atoms with Crippen LogP contribution in [0.3, 0.4) is 0 Å². The third kappa shape index (κ3) is 3.52. The van der Waals surface area contributed by atoms with Gasteiger partial charge in [0, 0.05) is 0 Å². The highest BCUT2D eigenvalue weighted by Crippen LogP contribution is 2.24. The molecule has 0 aliphatic heterocycles. The van der Waals surface area contributed by atoms with E-state index in [1.54, 1.807) is 0 Å². The molecule has 11 heavy (non-hydrogen) atoms. The number of hydrogen-bond donors (Lipinski definition) is 0. The van der Waals surface area contributed by atoms with Crippen molar-refractivity contribution in [2.75, 3.05) is 7.11 Å². The number of hydrogen-bond acceptors (Lipinski definition) is 2. The third-order valence-electron chi connectivity index (χ3n) is 0.811. The highest BCUT2D eigenvalue weighted by Gasteiger charge is 2.21. The molecule has 0 heterocycles. The third-order valence-corrected chi connectivity index (χ3v) is 2.33. The lowest BCUT2D eigenvalue weighted by Gasteiger charge is -2.04. The fraction of sp³-hybridized carbons (Fsp3) is 0.400. The summed E-state index contributed by atoms with van der Waals surface area (Å²) in [7, 11) is 1.18. The second-order valence-corrected chi connectivity index (χ2v) is 3.29. The van der Waals surface area contributed by atoms with Gasteiger partial charge < -0.3 is 4.74 Å². The average molecular weight is 238 g/mol. The largest absolute Gasteiger partial charge is 0.468 e. The molecule has 0 aliphatic carbocycles. The van der Waals surface area contributed by atoms with E-state index in [9.17, 15) is 4.79 Å². The van der Waals surface area contributed by atoms with Crippen molar-refractivity contribution in [3.05, 3.63) is 9.52 Å². The van der Waals surface area contributed by atoms with Crippen LogP contribution in [0.25, 0.3) is 0 Å². The number of halogens is 4. The van der Waals surface area contributed by atoms with Gasteiger partial charge in [-0.3, -0.25) is 4.79 Å². The first-order chi connectivity index (χ1) is 5.00. The molecule has 0 aliphatic rings. The van der Waals surface area contributed by atoms with Crippen LogP contribution in [-0.4, -0.2) is 18.5 Å². The molecule has 0 aromatic heterocycles. The SMILES string of the molecule is COC(=O)C(Cl)C(Cl)=C(Cl)Cl. The highest BCUT2D eigenvalue weighted by atomic mass is 35.5. The highest BCUT2D eigenvalue weighted by molar-refractivity contribution is 6.61. The summed E-state index contributed by atoms with van der Waals surface area (Å²) in [4.78, 5) is 10.7. The zero-order valence-corrected chi connectivity index (χ0v) is 8.43. The molecule has 0 amide bonds. The van der Waals surface area contributed by atoms with Gasteiger partial charge in [-0.05, 0) is 0 Å². The van der Waals surface area contributed by atoms with E-state index in [1.807, 2.05) is 0 Å². The van der Waals surface area contributed by atoms with Gasteiger partial charge in [-0.25, -0.2) is 0 Å². The van der Waals surface area contributed by atoms with Gasteiger partial charge in [0.15, 0.2) is 5.38 Å². The predicted octanol–water partition coefficient (Wildman–Crippen LogP) is 2.65. The summed E-state index contributed by atoms with van der Waals surface area (Å²) in [6, 6.07) is 0. The Hall–Kier alpha value is 0.370. The van der Waals surface area contributed by atoms with Crippen molar-refractivity contribution in [2.24, 2.45) is 0 Å². The number of esters is 1. The number of alkyl halides is 1. The molecule has 0 radical (unpaired) electrons. The smallest absolute Gasteiger partial charge is 0.329 e. The van der Waals surface area contributed by atoms with Gasteiger partial charge >= 0.3 is 5.97 Å². The number of methoxy groups -OCH3 is 1. The Morgan fingerprint density at radius 3 is 2.09 bits per heavy atom. The quantitative estimate of drug-likeness (QED) is 0.545. The molecule has 1 unspecified atom stereocenters. The van der Waals surface area contributed by atoms with Crippen LogP contribution in [0.15, 0.2) is 9.52 Å². The summed E-state index contributed by atoms with van der Waals surface area (Å²) in [6.45, 7) is 0. The molecule has 0 rings (SSSR count). The first-order valence-electron chi connectivity index (χ1n) is 2.43. The second-order valence-electron chi connectivity index (χ2n) is 1.49. The van der Waals surface area contributed by atoms with Crippen LogP contribution in [0.1, 0.15) is 0 Å². The number of carbonyl (C=O) groups is 1. The second kappa shape index (κ2) is 5.09. The summed E-state index contributed by atoms with van der Waals surface area (Å²) in [5, 5.41) is -1.27. The summed E-state index contributed by atoms with van der Waals surface area (Å²) in [5.74, 6) is -0.699. The molecule has 64 valence electrons. The first-order valence-corrected chi connectivity index (χ1v) is 4.00. The Morgan fingerprint density at radius 2 is 1.82 bits per heavy atom. The standard InChI is InChI=1S/C5H4Cl4O2/c1-11-5(10)3(7)2(6)4(8)9/h3H,1H3. The lowest BCUT2D eigenvalue weighted by molar-refractivity contribution is -0.139. The van der Waals surface area contributed by atoms with E-state index in [4.69, 9.17) is 46.4 Å². The van der Waals surface area contributed by atoms with Crippen LogP contribution < -0.4 is 0 Å². The molecule has 0 saturated carbocycles. The predicted molar refractivity (Wildman–Crippen MR) is 46.2 cm³/mol. The molecule has 2 nitrogen and oxygen atoms in total. The van der Waals surface area contributed by atoms with Gasteiger partial charge in [0.25, 0.3) is 0 Å². The maximum absolute atomic E-state index is 10.7. The monoisotopic (exact) mass is 236 g/mol. The summed E-state index contributed by atoms with van der Waals surface area (Å²) in [5.41, 5.74) is 0. The maximum atomic E-state index is 10.7. The van der Waals surface area contributed by atoms with Crippen molar-refractivity contribution in [1.29, 1.82) is 0 Å². The molecular weight excluding hydrogens is 234 g/mol. The molecule has 0 aromatic carbocycles. The van der Waals surface area contributed by atoms with Crippen molar-refractivity contribution in [3.63, 3.8) is 0 Å². The van der Waals surface area contributed by atoms with Crippen molar-refractivity contribution < 1.29 is 9.53 Å². The van der Waals surface area contributed by atoms with Gasteiger partial charge in [-0.1, -0.05) is 34.8 Å².